The summed E-state index contributed by atoms with van der Waals surface area (Å²) >= 11 is 0. The van der Waals surface area contributed by atoms with Crippen LogP contribution in [0.3, 0.4) is 0 Å². The molecule has 2 N–H and O–H groups in total. The number of nitrogens with two attached hydrogens (primary N) is 1. The molecule has 0 aromatic heterocycles. The summed E-state index contributed by atoms with van der Waals surface area (Å²) in [7, 11) is 0. The zero-order valence-corrected chi connectivity index (χ0v) is 14.4. The Bertz CT molecular complexity index is 568. The van der Waals surface area contributed by atoms with E-state index in [0.717, 1.165) is 24.3 Å². The number of hydrogen-bond donors (Lipinski definition) is 1. The van der Waals surface area contributed by atoms with Crippen molar-refractivity contribution in [2.45, 2.75) is 58.0 Å². The van der Waals surface area contributed by atoms with E-state index in [9.17, 15) is 18.8 Å². The molecule has 2 bridgehead atoms. The number of hydrogen-bond acceptors (Lipinski definition) is 5. The molecular weight excluding hydrogens is 333 g/mol. The number of hydroxylamine groups is 2. The van der Waals surface area contributed by atoms with Crippen molar-refractivity contribution in [3.8, 4) is 0 Å². The molecule has 2 aliphatic rings. The van der Waals surface area contributed by atoms with Gasteiger partial charge in [-0.2, -0.15) is 5.06 Å². The number of unbranched alkanes of at least 4 members (excludes halogenated alkanes) is 3. The molecule has 0 spiro atoms. The number of esters is 1. The van der Waals surface area contributed by atoms with Gasteiger partial charge in [0.2, 0.25) is 5.91 Å². The number of carbonyl (C=O) groups is 3. The van der Waals surface area contributed by atoms with E-state index in [1.54, 1.807) is 13.0 Å². The molecule has 8 nitrogen and oxygen atoms in total. The van der Waals surface area contributed by atoms with E-state index >= 15 is 0 Å². The van der Waals surface area contributed by atoms with Crippen LogP contribution in [-0.2, 0) is 19.2 Å². The quantitative estimate of drug-likeness (QED) is 0.380. The third kappa shape index (κ3) is 4.28. The number of alkyl halides is 1. The van der Waals surface area contributed by atoms with Crippen LogP contribution in [-0.4, -0.2) is 59.5 Å². The standard InChI is InChI=1S/C16H24FN3O5/c1-3-4-5-6-7-24-15(22)13(17)25-20-11-8-10(2)12(14(18)21)19(9-11)16(20)23/h8,11-13H,3-7,9H2,1-2H3,(H2,18,21)/t11?,12-,13-/m0/s1. The van der Waals surface area contributed by atoms with Gasteiger partial charge in [0.25, 0.3) is 0 Å². The van der Waals surface area contributed by atoms with Gasteiger partial charge in [0.15, 0.2) is 0 Å². The summed E-state index contributed by atoms with van der Waals surface area (Å²) in [5.74, 6) is -1.85. The molecule has 2 rings (SSSR count). The summed E-state index contributed by atoms with van der Waals surface area (Å²) in [5, 5.41) is 0.759. The summed E-state index contributed by atoms with van der Waals surface area (Å²) in [5.41, 5.74) is 5.89. The predicted molar refractivity (Wildman–Crippen MR) is 85.6 cm³/mol. The van der Waals surface area contributed by atoms with Crippen molar-refractivity contribution in [1.29, 1.82) is 0 Å². The molecule has 1 unspecified atom stereocenters. The molecule has 3 atom stereocenters. The van der Waals surface area contributed by atoms with Crippen LogP contribution in [0.2, 0.25) is 0 Å². The Morgan fingerprint density at radius 3 is 2.76 bits per heavy atom. The number of ether oxygens (including phenoxy) is 1. The van der Waals surface area contributed by atoms with Crippen LogP contribution in [0.5, 0.6) is 0 Å². The van der Waals surface area contributed by atoms with Gasteiger partial charge in [-0.1, -0.05) is 32.3 Å². The lowest BCUT2D eigenvalue weighted by Crippen LogP contribution is -2.48. The molecule has 0 aromatic rings. The van der Waals surface area contributed by atoms with Gasteiger partial charge in [-0.05, 0) is 18.9 Å². The van der Waals surface area contributed by atoms with E-state index in [0.29, 0.717) is 12.0 Å². The largest absolute Gasteiger partial charge is 0.462 e. The molecule has 140 valence electrons. The number of fused-ring (bicyclic) bond motifs is 2. The first kappa shape index (κ1) is 19.2. The number of carbonyl (C=O) groups excluding carboxylic acids is 3. The van der Waals surface area contributed by atoms with E-state index in [4.69, 9.17) is 15.3 Å². The molecule has 1 saturated heterocycles. The summed E-state index contributed by atoms with van der Waals surface area (Å²) in [4.78, 5) is 41.5. The molecule has 3 amide bonds. The second-order valence-electron chi connectivity index (χ2n) is 6.19. The lowest BCUT2D eigenvalue weighted by Gasteiger charge is -2.27. The second kappa shape index (κ2) is 8.28. The van der Waals surface area contributed by atoms with Gasteiger partial charge in [-0.3, -0.25) is 4.79 Å². The van der Waals surface area contributed by atoms with E-state index in [-0.39, 0.29) is 13.2 Å². The maximum Gasteiger partial charge on any atom is 0.371 e. The molecule has 0 saturated carbocycles. The highest BCUT2D eigenvalue weighted by molar-refractivity contribution is 5.90. The maximum atomic E-state index is 14.0. The van der Waals surface area contributed by atoms with Gasteiger partial charge in [-0.25, -0.2) is 18.8 Å². The first-order chi connectivity index (χ1) is 11.9. The number of urea groups is 1. The topological polar surface area (TPSA) is 102 Å². The van der Waals surface area contributed by atoms with Gasteiger partial charge in [-0.15, -0.1) is 0 Å². The monoisotopic (exact) mass is 357 g/mol. The average molecular weight is 357 g/mol. The van der Waals surface area contributed by atoms with E-state index in [1.807, 2.05) is 0 Å². The second-order valence-corrected chi connectivity index (χ2v) is 6.19. The maximum absolute atomic E-state index is 14.0. The van der Waals surface area contributed by atoms with Gasteiger partial charge in [0, 0.05) is 0 Å². The minimum Gasteiger partial charge on any atom is -0.462 e. The number of nitrogens with zero attached hydrogens (tertiary/aromatic N) is 2. The minimum absolute atomic E-state index is 0.106. The molecule has 2 aliphatic heterocycles. The van der Waals surface area contributed by atoms with Crippen molar-refractivity contribution in [3.05, 3.63) is 11.6 Å². The van der Waals surface area contributed by atoms with Gasteiger partial charge >= 0.3 is 18.4 Å². The van der Waals surface area contributed by atoms with Crippen molar-refractivity contribution < 1.29 is 28.3 Å². The fraction of sp³-hybridized carbons (Fsp3) is 0.688. The van der Waals surface area contributed by atoms with Crippen LogP contribution in [0.4, 0.5) is 9.18 Å². The van der Waals surface area contributed by atoms with Crippen molar-refractivity contribution in [2.24, 2.45) is 5.73 Å². The first-order valence-corrected chi connectivity index (χ1v) is 8.41. The molecule has 0 radical (unpaired) electrons. The molecule has 9 heteroatoms. The van der Waals surface area contributed by atoms with Crippen LogP contribution in [0.1, 0.15) is 39.5 Å². The third-order valence-corrected chi connectivity index (χ3v) is 4.22. The average Bonchev–Trinajstić information content (AvgIpc) is 2.79. The van der Waals surface area contributed by atoms with E-state index < -0.39 is 36.3 Å². The van der Waals surface area contributed by atoms with Crippen LogP contribution >= 0.6 is 0 Å². The Morgan fingerprint density at radius 1 is 1.40 bits per heavy atom. The zero-order valence-electron chi connectivity index (χ0n) is 14.4. The van der Waals surface area contributed by atoms with Crippen molar-refractivity contribution in [2.75, 3.05) is 13.2 Å². The highest BCUT2D eigenvalue weighted by Gasteiger charge is 2.48. The molecule has 25 heavy (non-hydrogen) atoms. The number of rotatable bonds is 9. The van der Waals surface area contributed by atoms with E-state index in [1.165, 1.54) is 4.90 Å². The Labute approximate surface area is 145 Å². The fourth-order valence-corrected chi connectivity index (χ4v) is 3.01. The van der Waals surface area contributed by atoms with Crippen LogP contribution in [0, 0.1) is 0 Å². The smallest absolute Gasteiger partial charge is 0.371 e. The third-order valence-electron chi connectivity index (χ3n) is 4.22. The number of amides is 3. The van der Waals surface area contributed by atoms with Gasteiger partial charge in [0.05, 0.1) is 19.2 Å². The zero-order chi connectivity index (χ0) is 18.6. The van der Waals surface area contributed by atoms with Crippen LogP contribution in [0.15, 0.2) is 11.6 Å². The Morgan fingerprint density at radius 2 is 2.12 bits per heavy atom. The minimum atomic E-state index is -2.41. The highest BCUT2D eigenvalue weighted by Crippen LogP contribution is 2.30. The fourth-order valence-electron chi connectivity index (χ4n) is 3.01. The van der Waals surface area contributed by atoms with Crippen LogP contribution in [0.25, 0.3) is 0 Å². The predicted octanol–water partition coefficient (Wildman–Crippen LogP) is 1.26. The molecule has 0 aromatic carbocycles. The summed E-state index contributed by atoms with van der Waals surface area (Å²) in [6.07, 6.45) is 2.79. The van der Waals surface area contributed by atoms with Crippen molar-refractivity contribution in [1.82, 2.24) is 9.96 Å². The molecule has 1 fully saturated rings. The molecular formula is C16H24FN3O5. The van der Waals surface area contributed by atoms with Crippen molar-refractivity contribution >= 4 is 17.9 Å². The Balaban J connectivity index is 1.89. The normalized spacial score (nSPS) is 23.5. The van der Waals surface area contributed by atoms with Crippen molar-refractivity contribution in [3.63, 3.8) is 0 Å². The molecule has 0 aliphatic carbocycles. The summed E-state index contributed by atoms with van der Waals surface area (Å²) < 4.78 is 18.8. The summed E-state index contributed by atoms with van der Waals surface area (Å²) in [6.45, 7) is 3.95. The van der Waals surface area contributed by atoms with Gasteiger partial charge in [0.1, 0.15) is 6.04 Å². The SMILES string of the molecule is CCCCCCOC(=O)[C@@H](F)ON1C(=O)N2CC1C=C(C)[C@H]2C(N)=O. The lowest BCUT2D eigenvalue weighted by molar-refractivity contribution is -0.223. The Kier molecular flexibility index (Phi) is 6.35. The lowest BCUT2D eigenvalue weighted by atomic mass is 10.0. The number of primary amides is 1. The highest BCUT2D eigenvalue weighted by atomic mass is 19.1. The Hall–Kier alpha value is -2.16. The van der Waals surface area contributed by atoms with E-state index in [2.05, 4.69) is 6.92 Å². The van der Waals surface area contributed by atoms with Gasteiger partial charge < -0.3 is 15.4 Å². The molecule has 2 heterocycles. The number of halogens is 1. The first-order valence-electron chi connectivity index (χ1n) is 8.41. The summed E-state index contributed by atoms with van der Waals surface area (Å²) in [6, 6.07) is -2.18. The van der Waals surface area contributed by atoms with Crippen LogP contribution < -0.4 is 5.73 Å².